The maximum Gasteiger partial charge on any atom is 0.251 e. The van der Waals surface area contributed by atoms with E-state index in [0.29, 0.717) is 18.4 Å². The van der Waals surface area contributed by atoms with E-state index in [4.69, 9.17) is 5.73 Å². The number of nitrogen functional groups attached to an aromatic ring is 1. The molecular formula is C12H15FN2O. The van der Waals surface area contributed by atoms with E-state index in [9.17, 15) is 9.18 Å². The van der Waals surface area contributed by atoms with Gasteiger partial charge in [0.2, 0.25) is 0 Å². The first-order chi connectivity index (χ1) is 7.56. The molecule has 1 saturated carbocycles. The molecule has 1 aromatic carbocycles. The number of halogens is 1. The average molecular weight is 222 g/mol. The van der Waals surface area contributed by atoms with Crippen molar-refractivity contribution in [3.8, 4) is 0 Å². The first-order valence-electron chi connectivity index (χ1n) is 5.40. The summed E-state index contributed by atoms with van der Waals surface area (Å²) in [5, 5.41) is 2.78. The molecule has 1 fully saturated rings. The molecule has 86 valence electrons. The summed E-state index contributed by atoms with van der Waals surface area (Å²) in [5.41, 5.74) is 6.02. The van der Waals surface area contributed by atoms with Gasteiger partial charge in [-0.3, -0.25) is 4.79 Å². The molecule has 0 bridgehead atoms. The Morgan fingerprint density at radius 2 is 2.25 bits per heavy atom. The third-order valence-corrected chi connectivity index (χ3v) is 2.98. The van der Waals surface area contributed by atoms with Gasteiger partial charge in [0.25, 0.3) is 5.91 Å². The van der Waals surface area contributed by atoms with E-state index in [1.807, 2.05) is 0 Å². The van der Waals surface area contributed by atoms with Crippen LogP contribution in [0.1, 0.15) is 23.7 Å². The van der Waals surface area contributed by atoms with Crippen LogP contribution < -0.4 is 11.1 Å². The van der Waals surface area contributed by atoms with Crippen LogP contribution in [0.4, 0.5) is 10.1 Å². The largest absolute Gasteiger partial charge is 0.399 e. The summed E-state index contributed by atoms with van der Waals surface area (Å²) in [6, 6.07) is 3.87. The zero-order valence-electron chi connectivity index (χ0n) is 9.16. The topological polar surface area (TPSA) is 55.1 Å². The number of rotatable bonds is 3. The average Bonchev–Trinajstić information content (AvgIpc) is 2.89. The van der Waals surface area contributed by atoms with Gasteiger partial charge >= 0.3 is 0 Å². The summed E-state index contributed by atoms with van der Waals surface area (Å²) in [6.07, 6.45) is 1.16. The second-order valence-corrected chi connectivity index (χ2v) is 4.46. The smallest absolute Gasteiger partial charge is 0.251 e. The Bertz CT molecular complexity index is 399. The van der Waals surface area contributed by atoms with E-state index in [2.05, 4.69) is 12.2 Å². The molecule has 1 aromatic rings. The molecule has 4 heteroatoms. The van der Waals surface area contributed by atoms with Crippen molar-refractivity contribution >= 4 is 11.6 Å². The lowest BCUT2D eigenvalue weighted by atomic mass is 10.2. The second-order valence-electron chi connectivity index (χ2n) is 4.46. The molecule has 0 saturated heterocycles. The predicted molar refractivity (Wildman–Crippen MR) is 60.4 cm³/mol. The molecule has 1 amide bonds. The summed E-state index contributed by atoms with van der Waals surface area (Å²) < 4.78 is 13.0. The van der Waals surface area contributed by atoms with Gasteiger partial charge in [-0.25, -0.2) is 4.39 Å². The molecule has 1 aliphatic rings. The van der Waals surface area contributed by atoms with E-state index in [1.54, 1.807) is 0 Å². The fraction of sp³-hybridized carbons (Fsp3) is 0.417. The zero-order valence-corrected chi connectivity index (χ0v) is 9.16. The van der Waals surface area contributed by atoms with E-state index in [-0.39, 0.29) is 17.2 Å². The van der Waals surface area contributed by atoms with Gasteiger partial charge in [-0.1, -0.05) is 6.92 Å². The highest BCUT2D eigenvalue weighted by Gasteiger charge is 2.32. The molecule has 0 spiro atoms. The molecular weight excluding hydrogens is 207 g/mol. The summed E-state index contributed by atoms with van der Waals surface area (Å²) >= 11 is 0. The third-order valence-electron chi connectivity index (χ3n) is 2.98. The summed E-state index contributed by atoms with van der Waals surface area (Å²) in [4.78, 5) is 11.7. The Kier molecular flexibility index (Phi) is 2.81. The molecule has 2 unspecified atom stereocenters. The summed E-state index contributed by atoms with van der Waals surface area (Å²) in [7, 11) is 0. The first-order valence-corrected chi connectivity index (χ1v) is 5.40. The van der Waals surface area contributed by atoms with Crippen LogP contribution in [0.15, 0.2) is 18.2 Å². The van der Waals surface area contributed by atoms with Crippen molar-refractivity contribution in [3.05, 3.63) is 29.6 Å². The van der Waals surface area contributed by atoms with Gasteiger partial charge in [-0.2, -0.15) is 0 Å². The number of nitrogens with one attached hydrogen (secondary N) is 1. The lowest BCUT2D eigenvalue weighted by molar-refractivity contribution is 0.0951. The third kappa shape index (κ3) is 2.51. The number of benzene rings is 1. The minimum absolute atomic E-state index is 0.259. The summed E-state index contributed by atoms with van der Waals surface area (Å²) in [5.74, 6) is 0.531. The Morgan fingerprint density at radius 1 is 1.56 bits per heavy atom. The molecule has 0 aliphatic heterocycles. The van der Waals surface area contributed by atoms with Crippen LogP contribution in [0.2, 0.25) is 0 Å². The van der Waals surface area contributed by atoms with Crippen molar-refractivity contribution in [1.82, 2.24) is 5.32 Å². The standard InChI is InChI=1S/C12H15FN2O/c1-7-2-9(7)6-15-12(16)8-3-10(13)5-11(14)4-8/h3-5,7,9H,2,6,14H2,1H3,(H,15,16). The molecule has 2 rings (SSSR count). The van der Waals surface area contributed by atoms with Crippen molar-refractivity contribution in [2.45, 2.75) is 13.3 Å². The van der Waals surface area contributed by atoms with Crippen molar-refractivity contribution in [1.29, 1.82) is 0 Å². The van der Waals surface area contributed by atoms with E-state index < -0.39 is 5.82 Å². The van der Waals surface area contributed by atoms with Crippen molar-refractivity contribution in [3.63, 3.8) is 0 Å². The van der Waals surface area contributed by atoms with Crippen molar-refractivity contribution in [2.75, 3.05) is 12.3 Å². The highest BCUT2D eigenvalue weighted by atomic mass is 19.1. The maximum absolute atomic E-state index is 13.0. The van der Waals surface area contributed by atoms with Gasteiger partial charge < -0.3 is 11.1 Å². The molecule has 2 atom stereocenters. The molecule has 0 heterocycles. The van der Waals surface area contributed by atoms with Gasteiger partial charge in [-0.05, 0) is 36.5 Å². The number of hydrogen-bond donors (Lipinski definition) is 2. The van der Waals surface area contributed by atoms with Gasteiger partial charge in [0.05, 0.1) is 0 Å². The molecule has 1 aliphatic carbocycles. The highest BCUT2D eigenvalue weighted by Crippen LogP contribution is 2.36. The summed E-state index contributed by atoms with van der Waals surface area (Å²) in [6.45, 7) is 2.81. The second kappa shape index (κ2) is 4.12. The number of amides is 1. The van der Waals surface area contributed by atoms with Gasteiger partial charge in [-0.15, -0.1) is 0 Å². The van der Waals surface area contributed by atoms with Crippen molar-refractivity contribution < 1.29 is 9.18 Å². The number of carbonyl (C=O) groups excluding carboxylic acids is 1. The number of hydrogen-bond acceptors (Lipinski definition) is 2. The Hall–Kier alpha value is -1.58. The van der Waals surface area contributed by atoms with E-state index in [1.165, 1.54) is 18.2 Å². The van der Waals surface area contributed by atoms with Crippen LogP contribution in [-0.2, 0) is 0 Å². The van der Waals surface area contributed by atoms with Crippen molar-refractivity contribution in [2.24, 2.45) is 11.8 Å². The molecule has 0 aromatic heterocycles. The van der Waals surface area contributed by atoms with Gasteiger partial charge in [0.1, 0.15) is 5.82 Å². The number of nitrogens with two attached hydrogens (primary N) is 1. The number of carbonyl (C=O) groups is 1. The van der Waals surface area contributed by atoms with Crippen LogP contribution in [0.25, 0.3) is 0 Å². The Morgan fingerprint density at radius 3 is 2.81 bits per heavy atom. The molecule has 3 N–H and O–H groups in total. The monoisotopic (exact) mass is 222 g/mol. The number of anilines is 1. The zero-order chi connectivity index (χ0) is 11.7. The van der Waals surface area contributed by atoms with Gasteiger partial charge in [0, 0.05) is 17.8 Å². The molecule has 3 nitrogen and oxygen atoms in total. The first kappa shape index (κ1) is 10.9. The van der Waals surface area contributed by atoms with Gasteiger partial charge in [0.15, 0.2) is 0 Å². The molecule has 16 heavy (non-hydrogen) atoms. The Balaban J connectivity index is 1.97. The predicted octanol–water partition coefficient (Wildman–Crippen LogP) is 1.79. The quantitative estimate of drug-likeness (QED) is 0.766. The fourth-order valence-electron chi connectivity index (χ4n) is 1.75. The lowest BCUT2D eigenvalue weighted by Gasteiger charge is -2.05. The highest BCUT2D eigenvalue weighted by molar-refractivity contribution is 5.95. The minimum Gasteiger partial charge on any atom is -0.399 e. The van der Waals surface area contributed by atoms with Crippen LogP contribution >= 0.6 is 0 Å². The Labute approximate surface area is 93.8 Å². The minimum atomic E-state index is -0.482. The van der Waals surface area contributed by atoms with E-state index in [0.717, 1.165) is 6.42 Å². The van der Waals surface area contributed by atoms with Crippen LogP contribution in [0.5, 0.6) is 0 Å². The van der Waals surface area contributed by atoms with E-state index >= 15 is 0 Å². The lowest BCUT2D eigenvalue weighted by Crippen LogP contribution is -2.26. The molecule has 0 radical (unpaired) electrons. The fourth-order valence-corrected chi connectivity index (χ4v) is 1.75. The SMILES string of the molecule is CC1CC1CNC(=O)c1cc(N)cc(F)c1. The van der Waals surface area contributed by atoms with Crippen LogP contribution in [0, 0.1) is 17.7 Å². The normalized spacial score (nSPS) is 22.9. The van der Waals surface area contributed by atoms with Crippen LogP contribution in [-0.4, -0.2) is 12.5 Å². The van der Waals surface area contributed by atoms with Crippen LogP contribution in [0.3, 0.4) is 0 Å². The maximum atomic E-state index is 13.0.